The van der Waals surface area contributed by atoms with Gasteiger partial charge in [-0.2, -0.15) is 0 Å². The van der Waals surface area contributed by atoms with Crippen LogP contribution in [-0.4, -0.2) is 32.6 Å². The van der Waals surface area contributed by atoms with Gasteiger partial charge in [0.25, 0.3) is 0 Å². The van der Waals surface area contributed by atoms with E-state index in [0.29, 0.717) is 12.1 Å². The van der Waals surface area contributed by atoms with Gasteiger partial charge < -0.3 is 9.30 Å². The second kappa shape index (κ2) is 9.06. The third kappa shape index (κ3) is 3.92. The maximum absolute atomic E-state index is 12.2. The van der Waals surface area contributed by atoms with Crippen molar-refractivity contribution in [1.82, 2.24) is 19.5 Å². The molecule has 0 radical (unpaired) electrons. The van der Waals surface area contributed by atoms with Crippen LogP contribution in [0.25, 0.3) is 33.3 Å². The highest BCUT2D eigenvalue weighted by Crippen LogP contribution is 2.26. The first kappa shape index (κ1) is 21.8. The van der Waals surface area contributed by atoms with Crippen LogP contribution in [-0.2, 0) is 17.7 Å². The number of pyridine rings is 2. The van der Waals surface area contributed by atoms with E-state index in [-0.39, 0.29) is 5.97 Å². The lowest BCUT2D eigenvalue weighted by molar-refractivity contribution is 0.0601. The van der Waals surface area contributed by atoms with Gasteiger partial charge in [-0.15, -0.1) is 0 Å². The van der Waals surface area contributed by atoms with Gasteiger partial charge in [-0.05, 0) is 54.8 Å². The van der Waals surface area contributed by atoms with Crippen LogP contribution < -0.4 is 0 Å². The molecule has 3 heterocycles. The van der Waals surface area contributed by atoms with Crippen LogP contribution in [0, 0.1) is 6.92 Å². The standard InChI is InChI=1S/C28H26N4O2/c1-4-7-25-31-26-18(2)14-15-29-27(26)32(25)17-19-10-12-23-20(16-19)11-13-24(30-23)21-8-5-6-9-22(21)28(33)34-3/h5-6,8-16H,4,7,17H2,1-3H3. The van der Waals surface area contributed by atoms with Crippen molar-refractivity contribution in [2.75, 3.05) is 7.11 Å². The number of hydrogen-bond acceptors (Lipinski definition) is 5. The summed E-state index contributed by atoms with van der Waals surface area (Å²) in [6, 6.07) is 19.7. The van der Waals surface area contributed by atoms with Gasteiger partial charge in [-0.1, -0.05) is 37.3 Å². The van der Waals surface area contributed by atoms with E-state index >= 15 is 0 Å². The monoisotopic (exact) mass is 450 g/mol. The normalized spacial score (nSPS) is 11.3. The molecular formula is C28H26N4O2. The predicted molar refractivity (Wildman–Crippen MR) is 134 cm³/mol. The van der Waals surface area contributed by atoms with Crippen molar-refractivity contribution in [3.8, 4) is 11.3 Å². The summed E-state index contributed by atoms with van der Waals surface area (Å²) >= 11 is 0. The number of hydrogen-bond donors (Lipinski definition) is 0. The van der Waals surface area contributed by atoms with E-state index in [1.54, 1.807) is 6.07 Å². The molecule has 6 nitrogen and oxygen atoms in total. The minimum absolute atomic E-state index is 0.368. The molecule has 170 valence electrons. The Morgan fingerprint density at radius 1 is 1.03 bits per heavy atom. The molecule has 2 aromatic carbocycles. The number of fused-ring (bicyclic) bond motifs is 2. The van der Waals surface area contributed by atoms with Gasteiger partial charge in [0.2, 0.25) is 0 Å². The van der Waals surface area contributed by atoms with Crippen LogP contribution in [0.4, 0.5) is 0 Å². The van der Waals surface area contributed by atoms with Crippen molar-refractivity contribution in [2.24, 2.45) is 0 Å². The molecule has 0 bridgehead atoms. The molecule has 0 spiro atoms. The van der Waals surface area contributed by atoms with Gasteiger partial charge in [0.15, 0.2) is 5.65 Å². The number of aromatic nitrogens is 4. The first-order valence-electron chi connectivity index (χ1n) is 11.5. The molecule has 0 aliphatic carbocycles. The fourth-order valence-electron chi connectivity index (χ4n) is 4.36. The molecule has 3 aromatic heterocycles. The summed E-state index contributed by atoms with van der Waals surface area (Å²) in [5.74, 6) is 0.694. The average Bonchev–Trinajstić information content (AvgIpc) is 3.21. The summed E-state index contributed by atoms with van der Waals surface area (Å²) in [6.07, 6.45) is 3.79. The summed E-state index contributed by atoms with van der Waals surface area (Å²) < 4.78 is 7.16. The second-order valence-electron chi connectivity index (χ2n) is 8.42. The predicted octanol–water partition coefficient (Wildman–Crippen LogP) is 5.74. The SMILES string of the molecule is CCCc1nc2c(C)ccnc2n1Cc1ccc2nc(-c3ccccc3C(=O)OC)ccc2c1. The third-order valence-electron chi connectivity index (χ3n) is 6.09. The molecule has 0 saturated heterocycles. The third-order valence-corrected chi connectivity index (χ3v) is 6.09. The molecule has 5 aromatic rings. The molecule has 0 N–H and O–H groups in total. The second-order valence-corrected chi connectivity index (χ2v) is 8.42. The summed E-state index contributed by atoms with van der Waals surface area (Å²) in [5.41, 5.74) is 7.09. The van der Waals surface area contributed by atoms with E-state index in [9.17, 15) is 4.79 Å². The molecule has 5 rings (SSSR count). The van der Waals surface area contributed by atoms with Crippen LogP contribution in [0.15, 0.2) is 66.9 Å². The quantitative estimate of drug-likeness (QED) is 0.309. The first-order valence-corrected chi connectivity index (χ1v) is 11.5. The van der Waals surface area contributed by atoms with Gasteiger partial charge in [-0.3, -0.25) is 0 Å². The van der Waals surface area contributed by atoms with E-state index in [4.69, 9.17) is 14.7 Å². The number of methoxy groups -OCH3 is 1. The van der Waals surface area contributed by atoms with E-state index in [1.807, 2.05) is 42.6 Å². The maximum atomic E-state index is 12.2. The van der Waals surface area contributed by atoms with Crippen LogP contribution in [0.3, 0.4) is 0 Å². The molecule has 6 heteroatoms. The molecule has 0 aliphatic heterocycles. The fourth-order valence-corrected chi connectivity index (χ4v) is 4.36. The highest BCUT2D eigenvalue weighted by Gasteiger charge is 2.15. The van der Waals surface area contributed by atoms with Crippen LogP contribution >= 0.6 is 0 Å². The Balaban J connectivity index is 1.52. The first-order chi connectivity index (χ1) is 16.6. The summed E-state index contributed by atoms with van der Waals surface area (Å²) in [4.78, 5) is 26.5. The number of aryl methyl sites for hydroxylation is 2. The van der Waals surface area contributed by atoms with Gasteiger partial charge >= 0.3 is 5.97 Å². The Kier molecular flexibility index (Phi) is 5.80. The lowest BCUT2D eigenvalue weighted by Crippen LogP contribution is -2.06. The van der Waals surface area contributed by atoms with Crippen LogP contribution in [0.5, 0.6) is 0 Å². The molecule has 34 heavy (non-hydrogen) atoms. The summed E-state index contributed by atoms with van der Waals surface area (Å²) in [6.45, 7) is 4.95. The number of esters is 1. The van der Waals surface area contributed by atoms with Crippen molar-refractivity contribution < 1.29 is 9.53 Å². The minimum Gasteiger partial charge on any atom is -0.465 e. The Hall–Kier alpha value is -4.06. The molecule has 0 aliphatic rings. The van der Waals surface area contributed by atoms with Crippen molar-refractivity contribution in [1.29, 1.82) is 0 Å². The summed E-state index contributed by atoms with van der Waals surface area (Å²) in [7, 11) is 1.39. The number of nitrogens with zero attached hydrogens (tertiary/aromatic N) is 4. The van der Waals surface area contributed by atoms with Crippen molar-refractivity contribution in [3.63, 3.8) is 0 Å². The van der Waals surface area contributed by atoms with Crippen LogP contribution in [0.2, 0.25) is 0 Å². The zero-order valence-electron chi connectivity index (χ0n) is 19.6. The van der Waals surface area contributed by atoms with E-state index < -0.39 is 0 Å². The average molecular weight is 451 g/mol. The lowest BCUT2D eigenvalue weighted by Gasteiger charge is -2.11. The Bertz CT molecular complexity index is 1520. The van der Waals surface area contributed by atoms with Crippen LogP contribution in [0.1, 0.15) is 40.7 Å². The lowest BCUT2D eigenvalue weighted by atomic mass is 10.0. The number of ether oxygens (including phenoxy) is 1. The number of rotatable bonds is 6. The zero-order chi connectivity index (χ0) is 23.7. The zero-order valence-corrected chi connectivity index (χ0v) is 19.6. The highest BCUT2D eigenvalue weighted by atomic mass is 16.5. The molecule has 0 atom stereocenters. The number of carbonyl (C=O) groups excluding carboxylic acids is 1. The number of benzene rings is 2. The topological polar surface area (TPSA) is 69.9 Å². The van der Waals surface area contributed by atoms with Gasteiger partial charge in [-0.25, -0.2) is 19.7 Å². The Morgan fingerprint density at radius 3 is 2.71 bits per heavy atom. The number of imidazole rings is 1. The van der Waals surface area contributed by atoms with E-state index in [1.165, 1.54) is 7.11 Å². The largest absolute Gasteiger partial charge is 0.465 e. The van der Waals surface area contributed by atoms with E-state index in [0.717, 1.165) is 63.1 Å². The molecule has 0 unspecified atom stereocenters. The molecule has 0 saturated carbocycles. The van der Waals surface area contributed by atoms with Gasteiger partial charge in [0.1, 0.15) is 11.3 Å². The highest BCUT2D eigenvalue weighted by molar-refractivity contribution is 5.97. The fraction of sp³-hybridized carbons (Fsp3) is 0.214. The van der Waals surface area contributed by atoms with E-state index in [2.05, 4.69) is 41.6 Å². The molecule has 0 fully saturated rings. The summed E-state index contributed by atoms with van der Waals surface area (Å²) in [5, 5.41) is 1.04. The Labute approximate surface area is 198 Å². The maximum Gasteiger partial charge on any atom is 0.338 e. The van der Waals surface area contributed by atoms with Crippen molar-refractivity contribution >= 4 is 28.0 Å². The number of carbonyl (C=O) groups is 1. The van der Waals surface area contributed by atoms with Gasteiger partial charge in [0, 0.05) is 23.6 Å². The molecule has 0 amide bonds. The van der Waals surface area contributed by atoms with Crippen molar-refractivity contribution in [3.05, 3.63) is 89.4 Å². The minimum atomic E-state index is -0.368. The van der Waals surface area contributed by atoms with Crippen molar-refractivity contribution in [2.45, 2.75) is 33.2 Å². The Morgan fingerprint density at radius 2 is 1.88 bits per heavy atom. The smallest absolute Gasteiger partial charge is 0.338 e. The molecular weight excluding hydrogens is 424 g/mol. The van der Waals surface area contributed by atoms with Gasteiger partial charge in [0.05, 0.1) is 30.4 Å².